The zero-order valence-electron chi connectivity index (χ0n) is 26.5. The van der Waals surface area contributed by atoms with Crippen LogP contribution in [-0.2, 0) is 22.3 Å². The summed E-state index contributed by atoms with van der Waals surface area (Å²) in [6.07, 6.45) is -0.386. The maximum absolute atomic E-state index is 14.8. The number of nitrogens with zero attached hydrogens (tertiary/aromatic N) is 3. The molecule has 1 radical (unpaired) electrons. The maximum Gasteiger partial charge on any atom is 0.396 e. The van der Waals surface area contributed by atoms with E-state index in [1.807, 2.05) is 0 Å². The monoisotopic (exact) mass is 645 g/mol. The summed E-state index contributed by atoms with van der Waals surface area (Å²) in [7, 11) is -1.77. The van der Waals surface area contributed by atoms with E-state index in [0.29, 0.717) is 5.56 Å². The number of nitrogens with one attached hydrogen (secondary N) is 3. The van der Waals surface area contributed by atoms with E-state index in [-0.39, 0.29) is 18.1 Å². The maximum atomic E-state index is 14.8. The first kappa shape index (κ1) is 35.4. The van der Waals surface area contributed by atoms with Gasteiger partial charge in [0.1, 0.15) is 29.7 Å². The average Bonchev–Trinajstić information content (AvgIpc) is 2.93. The summed E-state index contributed by atoms with van der Waals surface area (Å²) in [5, 5.41) is 7.65. The number of alkyl halides is 3. The van der Waals surface area contributed by atoms with Crippen molar-refractivity contribution < 1.29 is 27.2 Å². The molecule has 0 fully saturated rings. The Hall–Kier alpha value is -4.04. The molecule has 3 rings (SSSR count). The van der Waals surface area contributed by atoms with Gasteiger partial charge < -0.3 is 20.4 Å². The molecular formula is C31H40F3N6O4Si. The molecule has 3 N–H and O–H groups in total. The third-order valence-corrected chi connectivity index (χ3v) is 7.74. The van der Waals surface area contributed by atoms with Crippen molar-refractivity contribution in [1.29, 1.82) is 0 Å². The van der Waals surface area contributed by atoms with E-state index in [2.05, 4.69) is 25.9 Å². The molecule has 1 aromatic carbocycles. The Morgan fingerprint density at radius 3 is 2.22 bits per heavy atom. The Kier molecular flexibility index (Phi) is 11.3. The van der Waals surface area contributed by atoms with E-state index in [9.17, 15) is 27.6 Å². The van der Waals surface area contributed by atoms with Crippen LogP contribution in [0.2, 0.25) is 13.1 Å². The van der Waals surface area contributed by atoms with Crippen LogP contribution in [0.5, 0.6) is 0 Å². The van der Waals surface area contributed by atoms with Crippen LogP contribution < -0.4 is 21.5 Å². The van der Waals surface area contributed by atoms with Crippen LogP contribution in [0.4, 0.5) is 23.7 Å². The SMILES string of the molecule is CC(C)C(NC(=O)Cn1c(-c2ccccc2)ncc(NC(=O)NCc2cccnc2)c1=O)(O[Si](C)C)C(C(C)(C)C)C(F)(F)F. The normalized spacial score (nSPS) is 14.1. The molecule has 2 unspecified atom stereocenters. The van der Waals surface area contributed by atoms with Gasteiger partial charge in [0.15, 0.2) is 0 Å². The molecule has 45 heavy (non-hydrogen) atoms. The molecular weight excluding hydrogens is 605 g/mol. The fourth-order valence-corrected chi connectivity index (χ4v) is 6.34. The van der Waals surface area contributed by atoms with Crippen molar-refractivity contribution in [2.24, 2.45) is 17.3 Å². The summed E-state index contributed by atoms with van der Waals surface area (Å²) in [6, 6.07) is 11.3. The minimum Gasteiger partial charge on any atom is -0.394 e. The van der Waals surface area contributed by atoms with Crippen molar-refractivity contribution in [3.63, 3.8) is 0 Å². The van der Waals surface area contributed by atoms with Gasteiger partial charge in [-0.3, -0.25) is 19.1 Å². The Bertz CT molecular complexity index is 1500. The molecule has 3 aromatic rings. The second kappa shape index (κ2) is 14.4. The van der Waals surface area contributed by atoms with Crippen molar-refractivity contribution in [2.75, 3.05) is 5.32 Å². The number of benzene rings is 1. The lowest BCUT2D eigenvalue weighted by molar-refractivity contribution is -0.265. The molecule has 0 saturated carbocycles. The summed E-state index contributed by atoms with van der Waals surface area (Å²) in [5.41, 5.74) is -3.27. The van der Waals surface area contributed by atoms with Crippen molar-refractivity contribution in [2.45, 2.75) is 72.7 Å². The standard InChI is InChI=1S/C31H40F3N6O4Si/c1-20(2)30(44-45(6)7,27(29(3,4)5)31(32,33)34)39-24(41)19-40-25(22-13-9-8-10-14-22)36-18-23(26(40)42)38-28(43)37-17-21-12-11-15-35-16-21/h8-16,18,20,27H,17,19H2,1-7H3,(H,39,41)(H2,37,38,43). The highest BCUT2D eigenvalue weighted by Gasteiger charge is 2.61. The number of rotatable bonds is 11. The predicted octanol–water partition coefficient (Wildman–Crippen LogP) is 5.59. The van der Waals surface area contributed by atoms with E-state index >= 15 is 0 Å². The van der Waals surface area contributed by atoms with Crippen molar-refractivity contribution in [1.82, 2.24) is 25.2 Å². The summed E-state index contributed by atoms with van der Waals surface area (Å²) in [6.45, 7) is 10.3. The van der Waals surface area contributed by atoms with Gasteiger partial charge in [0.05, 0.1) is 6.20 Å². The van der Waals surface area contributed by atoms with Crippen LogP contribution in [0, 0.1) is 17.3 Å². The van der Waals surface area contributed by atoms with Crippen LogP contribution in [0.3, 0.4) is 0 Å². The number of halogens is 3. The molecule has 243 valence electrons. The van der Waals surface area contributed by atoms with Crippen LogP contribution in [-0.4, -0.2) is 47.4 Å². The molecule has 2 heterocycles. The van der Waals surface area contributed by atoms with E-state index < -0.39 is 62.2 Å². The number of hydrogen-bond acceptors (Lipinski definition) is 6. The Labute approximate surface area is 262 Å². The number of carbonyl (C=O) groups excluding carboxylic acids is 2. The third-order valence-electron chi connectivity index (χ3n) is 6.99. The van der Waals surface area contributed by atoms with Crippen LogP contribution in [0.15, 0.2) is 65.8 Å². The zero-order chi connectivity index (χ0) is 33.6. The molecule has 3 amide bonds. The first-order chi connectivity index (χ1) is 21.0. The molecule has 2 aromatic heterocycles. The smallest absolute Gasteiger partial charge is 0.394 e. The quantitative estimate of drug-likeness (QED) is 0.184. The minimum absolute atomic E-state index is 0.0899. The Morgan fingerprint density at radius 2 is 1.69 bits per heavy atom. The minimum atomic E-state index is -4.73. The topological polar surface area (TPSA) is 127 Å². The highest BCUT2D eigenvalue weighted by atomic mass is 28.3. The number of carbonyl (C=O) groups is 2. The zero-order valence-corrected chi connectivity index (χ0v) is 27.5. The van der Waals surface area contributed by atoms with Gasteiger partial charge in [-0.1, -0.05) is 71.0 Å². The lowest BCUT2D eigenvalue weighted by Gasteiger charge is -2.50. The lowest BCUT2D eigenvalue weighted by atomic mass is 9.70. The molecule has 2 atom stereocenters. The Balaban J connectivity index is 2.03. The predicted molar refractivity (Wildman–Crippen MR) is 167 cm³/mol. The number of hydrogen-bond donors (Lipinski definition) is 3. The van der Waals surface area contributed by atoms with Crippen LogP contribution in [0.1, 0.15) is 40.2 Å². The second-order valence-electron chi connectivity index (χ2n) is 12.3. The summed E-state index contributed by atoms with van der Waals surface area (Å²) in [5.74, 6) is -3.68. The fraction of sp³-hybridized carbons (Fsp3) is 0.452. The van der Waals surface area contributed by atoms with Gasteiger partial charge in [-0.25, -0.2) is 9.78 Å². The number of aromatic nitrogens is 3. The van der Waals surface area contributed by atoms with Gasteiger partial charge in [0.25, 0.3) is 5.56 Å². The van der Waals surface area contributed by atoms with E-state index in [1.54, 1.807) is 81.8 Å². The van der Waals surface area contributed by atoms with E-state index in [1.165, 1.54) is 27.0 Å². The summed E-state index contributed by atoms with van der Waals surface area (Å²) < 4.78 is 51.4. The molecule has 0 bridgehead atoms. The average molecular weight is 646 g/mol. The molecule has 0 spiro atoms. The van der Waals surface area contributed by atoms with Crippen LogP contribution in [0.25, 0.3) is 11.4 Å². The first-order valence-corrected chi connectivity index (χ1v) is 16.8. The molecule has 0 aliphatic rings. The summed E-state index contributed by atoms with van der Waals surface area (Å²) in [4.78, 5) is 48.5. The molecule has 10 nitrogen and oxygen atoms in total. The van der Waals surface area contributed by atoms with Crippen molar-refractivity contribution in [3.05, 3.63) is 77.0 Å². The van der Waals surface area contributed by atoms with E-state index in [4.69, 9.17) is 4.43 Å². The van der Waals surface area contributed by atoms with Gasteiger partial charge in [0, 0.05) is 30.4 Å². The largest absolute Gasteiger partial charge is 0.396 e. The third kappa shape index (κ3) is 9.00. The van der Waals surface area contributed by atoms with E-state index in [0.717, 1.165) is 10.1 Å². The van der Waals surface area contributed by atoms with Crippen LogP contribution >= 0.6 is 0 Å². The van der Waals surface area contributed by atoms with Crippen molar-refractivity contribution >= 4 is 26.7 Å². The van der Waals surface area contributed by atoms with Gasteiger partial charge in [0.2, 0.25) is 14.9 Å². The first-order valence-electron chi connectivity index (χ1n) is 14.4. The fourth-order valence-electron chi connectivity index (χ4n) is 5.26. The molecule has 0 saturated heterocycles. The molecule has 0 aliphatic carbocycles. The van der Waals surface area contributed by atoms with Crippen molar-refractivity contribution in [3.8, 4) is 11.4 Å². The van der Waals surface area contributed by atoms with Gasteiger partial charge in [-0.2, -0.15) is 13.2 Å². The molecule has 0 aliphatic heterocycles. The highest BCUT2D eigenvalue weighted by molar-refractivity contribution is 6.48. The lowest BCUT2D eigenvalue weighted by Crippen LogP contribution is -2.67. The number of urea groups is 1. The number of anilines is 1. The van der Waals surface area contributed by atoms with Gasteiger partial charge >= 0.3 is 12.2 Å². The van der Waals surface area contributed by atoms with Gasteiger partial charge in [-0.15, -0.1) is 0 Å². The highest BCUT2D eigenvalue weighted by Crippen LogP contribution is 2.49. The second-order valence-corrected chi connectivity index (χ2v) is 14.3. The van der Waals surface area contributed by atoms with Gasteiger partial charge in [-0.05, 0) is 30.1 Å². The molecule has 14 heteroatoms. The Morgan fingerprint density at radius 1 is 1.02 bits per heavy atom. The number of amides is 3. The number of pyridine rings is 1. The summed E-state index contributed by atoms with van der Waals surface area (Å²) >= 11 is 0.